The first-order chi connectivity index (χ1) is 18.1. The van der Waals surface area contributed by atoms with Crippen LogP contribution in [0.2, 0.25) is 0 Å². The van der Waals surface area contributed by atoms with E-state index in [0.717, 1.165) is 40.3 Å². The Labute approximate surface area is 221 Å². The van der Waals surface area contributed by atoms with Crippen LogP contribution in [-0.2, 0) is 9.59 Å². The molecular weight excluding hydrogens is 484 g/mol. The fourth-order valence-electron chi connectivity index (χ4n) is 3.80. The third-order valence-corrected chi connectivity index (χ3v) is 5.43. The highest BCUT2D eigenvalue weighted by Crippen LogP contribution is 2.30. The van der Waals surface area contributed by atoms with E-state index in [0.29, 0.717) is 24.7 Å². The summed E-state index contributed by atoms with van der Waals surface area (Å²) in [5.41, 5.74) is 5.05. The second kappa shape index (κ2) is 13.2. The number of fused-ring (bicyclic) bond motifs is 1. The molecule has 4 aromatic rings. The average molecular weight is 517 g/mol. The van der Waals surface area contributed by atoms with Gasteiger partial charge in [0.25, 0.3) is 0 Å². The van der Waals surface area contributed by atoms with Crippen LogP contribution in [-0.4, -0.2) is 69.1 Å². The van der Waals surface area contributed by atoms with E-state index in [2.05, 4.69) is 80.3 Å². The first-order valence-electron chi connectivity index (χ1n) is 12.1. The minimum atomic E-state index is -1.26. The normalized spacial score (nSPS) is 11.8. The molecule has 2 aromatic heterocycles. The molecule has 0 amide bonds. The van der Waals surface area contributed by atoms with Crippen LogP contribution < -0.4 is 4.74 Å². The zero-order chi connectivity index (χ0) is 27.7. The standard InChI is InChI=1S/C25H28N4O.C4H4O4/c1-18-7-11-21(12-8-18)29-25-23(6-5-15-26-25)24(27-29)20-9-13-22(14-10-20)30-17-19(2)16-28(3)4;5-3(6)1-2-4(7)8/h5-15,19H,16-17H2,1-4H3;1-2H,(H,5,6)(H,7,8)/b;2-1-. The monoisotopic (exact) mass is 516 g/mol. The molecule has 9 nitrogen and oxygen atoms in total. The number of nitrogens with zero attached hydrogens (tertiary/aromatic N) is 4. The smallest absolute Gasteiger partial charge is 0.328 e. The number of ether oxygens (including phenoxy) is 1. The van der Waals surface area contributed by atoms with E-state index >= 15 is 0 Å². The lowest BCUT2D eigenvalue weighted by Crippen LogP contribution is -2.24. The van der Waals surface area contributed by atoms with Crippen LogP contribution in [0.3, 0.4) is 0 Å². The summed E-state index contributed by atoms with van der Waals surface area (Å²) in [7, 11) is 4.17. The van der Waals surface area contributed by atoms with Crippen molar-refractivity contribution in [2.24, 2.45) is 5.92 Å². The van der Waals surface area contributed by atoms with E-state index < -0.39 is 11.9 Å². The van der Waals surface area contributed by atoms with Crippen molar-refractivity contribution in [2.75, 3.05) is 27.2 Å². The molecule has 1 unspecified atom stereocenters. The van der Waals surface area contributed by atoms with Gasteiger partial charge in [0.1, 0.15) is 11.4 Å². The fraction of sp³-hybridized carbons (Fsp3) is 0.241. The lowest BCUT2D eigenvalue weighted by atomic mass is 10.1. The van der Waals surface area contributed by atoms with Crippen LogP contribution >= 0.6 is 0 Å². The number of benzene rings is 2. The van der Waals surface area contributed by atoms with Gasteiger partial charge in [0.05, 0.1) is 12.3 Å². The molecule has 2 N–H and O–H groups in total. The topological polar surface area (TPSA) is 118 Å². The predicted molar refractivity (Wildman–Crippen MR) is 147 cm³/mol. The van der Waals surface area contributed by atoms with Gasteiger partial charge in [-0.1, -0.05) is 24.6 Å². The number of pyridine rings is 1. The van der Waals surface area contributed by atoms with E-state index in [-0.39, 0.29) is 0 Å². The average Bonchev–Trinajstić information content (AvgIpc) is 3.27. The van der Waals surface area contributed by atoms with Gasteiger partial charge in [-0.15, -0.1) is 0 Å². The van der Waals surface area contributed by atoms with Gasteiger partial charge in [0.15, 0.2) is 5.65 Å². The highest BCUT2D eigenvalue weighted by molar-refractivity contribution is 5.92. The Kier molecular flexibility index (Phi) is 9.72. The molecule has 198 valence electrons. The van der Waals surface area contributed by atoms with E-state index in [4.69, 9.17) is 20.0 Å². The van der Waals surface area contributed by atoms with Gasteiger partial charge in [0.2, 0.25) is 0 Å². The van der Waals surface area contributed by atoms with E-state index in [1.807, 2.05) is 29.1 Å². The molecule has 38 heavy (non-hydrogen) atoms. The molecule has 0 bridgehead atoms. The molecule has 0 aliphatic rings. The molecule has 0 saturated carbocycles. The summed E-state index contributed by atoms with van der Waals surface area (Å²) in [6.07, 6.45) is 2.93. The Morgan fingerprint density at radius 2 is 1.63 bits per heavy atom. The van der Waals surface area contributed by atoms with Crippen LogP contribution in [0.15, 0.2) is 79.0 Å². The molecule has 0 fully saturated rings. The number of aryl methyl sites for hydroxylation is 1. The number of hydrogen-bond acceptors (Lipinski definition) is 6. The van der Waals surface area contributed by atoms with Gasteiger partial charge in [-0.3, -0.25) is 0 Å². The number of carbonyl (C=O) groups is 2. The maximum Gasteiger partial charge on any atom is 0.328 e. The lowest BCUT2D eigenvalue weighted by Gasteiger charge is -2.17. The quantitative estimate of drug-likeness (QED) is 0.308. The van der Waals surface area contributed by atoms with Gasteiger partial charge < -0.3 is 19.8 Å². The fourth-order valence-corrected chi connectivity index (χ4v) is 3.80. The van der Waals surface area contributed by atoms with Crippen molar-refractivity contribution in [1.82, 2.24) is 19.7 Å². The van der Waals surface area contributed by atoms with Crippen LogP contribution in [0.25, 0.3) is 28.0 Å². The highest BCUT2D eigenvalue weighted by atomic mass is 16.5. The molecule has 2 heterocycles. The molecule has 1 atom stereocenters. The Morgan fingerprint density at radius 3 is 2.21 bits per heavy atom. The van der Waals surface area contributed by atoms with Gasteiger partial charge >= 0.3 is 11.9 Å². The summed E-state index contributed by atoms with van der Waals surface area (Å²) < 4.78 is 7.88. The van der Waals surface area contributed by atoms with Crippen LogP contribution in [0.4, 0.5) is 0 Å². The summed E-state index contributed by atoms with van der Waals surface area (Å²) in [4.78, 5) is 25.9. The molecule has 2 aromatic carbocycles. The summed E-state index contributed by atoms with van der Waals surface area (Å²) in [6, 6.07) is 20.5. The number of aromatic nitrogens is 3. The minimum Gasteiger partial charge on any atom is -0.493 e. The first kappa shape index (κ1) is 28.1. The Balaban J connectivity index is 0.000000436. The molecule has 0 radical (unpaired) electrons. The first-order valence-corrected chi connectivity index (χ1v) is 12.1. The summed E-state index contributed by atoms with van der Waals surface area (Å²) >= 11 is 0. The van der Waals surface area contributed by atoms with Crippen molar-refractivity contribution in [1.29, 1.82) is 0 Å². The zero-order valence-corrected chi connectivity index (χ0v) is 21.9. The third-order valence-electron chi connectivity index (χ3n) is 5.43. The number of hydrogen-bond donors (Lipinski definition) is 2. The third kappa shape index (κ3) is 8.01. The predicted octanol–water partition coefficient (Wildman–Crippen LogP) is 4.68. The van der Waals surface area contributed by atoms with Crippen molar-refractivity contribution in [3.05, 3.63) is 84.6 Å². The Morgan fingerprint density at radius 1 is 1.00 bits per heavy atom. The van der Waals surface area contributed by atoms with Gasteiger partial charge in [-0.2, -0.15) is 5.10 Å². The van der Waals surface area contributed by atoms with Gasteiger partial charge in [-0.05, 0) is 69.6 Å². The maximum atomic E-state index is 9.55. The van der Waals surface area contributed by atoms with E-state index in [1.165, 1.54) is 5.56 Å². The number of carboxylic acid groups (broad SMARTS) is 2. The van der Waals surface area contributed by atoms with Gasteiger partial charge in [-0.25, -0.2) is 19.3 Å². The number of carboxylic acids is 2. The van der Waals surface area contributed by atoms with Crippen molar-refractivity contribution >= 4 is 23.0 Å². The molecule has 0 spiro atoms. The largest absolute Gasteiger partial charge is 0.493 e. The molecule has 0 aliphatic heterocycles. The maximum absolute atomic E-state index is 9.55. The lowest BCUT2D eigenvalue weighted by molar-refractivity contribution is -0.134. The zero-order valence-electron chi connectivity index (χ0n) is 21.9. The van der Waals surface area contributed by atoms with E-state index in [9.17, 15) is 9.59 Å². The summed E-state index contributed by atoms with van der Waals surface area (Å²) in [5.74, 6) is -1.16. The molecule has 0 aliphatic carbocycles. The molecule has 9 heteroatoms. The summed E-state index contributed by atoms with van der Waals surface area (Å²) in [6.45, 7) is 5.99. The molecule has 0 saturated heterocycles. The van der Waals surface area contributed by atoms with Crippen molar-refractivity contribution in [2.45, 2.75) is 13.8 Å². The van der Waals surface area contributed by atoms with E-state index in [1.54, 1.807) is 0 Å². The SMILES string of the molecule is Cc1ccc(-n2nc(-c3ccc(OCC(C)CN(C)C)cc3)c3cccnc32)cc1.O=C(O)/C=C\C(=O)O. The van der Waals surface area contributed by atoms with Crippen molar-refractivity contribution in [3.63, 3.8) is 0 Å². The van der Waals surface area contributed by atoms with Crippen LogP contribution in [0.5, 0.6) is 5.75 Å². The summed E-state index contributed by atoms with van der Waals surface area (Å²) in [5, 5.41) is 21.6. The van der Waals surface area contributed by atoms with Crippen molar-refractivity contribution < 1.29 is 24.5 Å². The Bertz CT molecular complexity index is 1380. The second-order valence-corrected chi connectivity index (χ2v) is 9.18. The Hall–Kier alpha value is -4.50. The van der Waals surface area contributed by atoms with Gasteiger partial charge in [0, 0.05) is 41.8 Å². The second-order valence-electron chi connectivity index (χ2n) is 9.18. The highest BCUT2D eigenvalue weighted by Gasteiger charge is 2.14. The number of aliphatic carboxylic acids is 2. The molecular formula is C29H32N4O5. The van der Waals surface area contributed by atoms with Crippen LogP contribution in [0.1, 0.15) is 12.5 Å². The minimum absolute atomic E-state index is 0.472. The molecule has 4 rings (SSSR count). The van der Waals surface area contributed by atoms with Crippen LogP contribution in [0, 0.1) is 12.8 Å². The number of rotatable bonds is 9. The van der Waals surface area contributed by atoms with Crippen molar-refractivity contribution in [3.8, 4) is 22.7 Å².